The number of ether oxygens (including phenoxy) is 2. The van der Waals surface area contributed by atoms with Crippen LogP contribution < -0.4 is 14.8 Å². The van der Waals surface area contributed by atoms with Crippen LogP contribution in [0.4, 0.5) is 0 Å². The Morgan fingerprint density at radius 2 is 1.90 bits per heavy atom. The SMILES string of the molecule is CCOCCCNC(=O)COc1ccc(S(=O)(=O)N[C@H](C)c2ccccc2)cc1Cl. The van der Waals surface area contributed by atoms with Gasteiger partial charge in [0.05, 0.1) is 9.92 Å². The van der Waals surface area contributed by atoms with Crippen LogP contribution in [-0.2, 0) is 19.6 Å². The van der Waals surface area contributed by atoms with Crippen molar-refractivity contribution in [3.8, 4) is 5.75 Å². The predicted molar refractivity (Wildman–Crippen MR) is 116 cm³/mol. The first-order valence-corrected chi connectivity index (χ1v) is 11.5. The molecule has 0 fully saturated rings. The number of hydrogen-bond acceptors (Lipinski definition) is 5. The standard InChI is InChI=1S/C21H27ClN2O5S/c1-3-28-13-7-12-23-21(25)15-29-20-11-10-18(14-19(20)22)30(26,27)24-16(2)17-8-5-4-6-9-17/h4-6,8-11,14,16,24H,3,7,12-13,15H2,1-2H3,(H,23,25)/t16-/m1/s1. The van der Waals surface area contributed by atoms with E-state index in [1.807, 2.05) is 37.3 Å². The van der Waals surface area contributed by atoms with E-state index in [0.717, 1.165) is 5.56 Å². The second-order valence-electron chi connectivity index (χ2n) is 6.53. The fourth-order valence-corrected chi connectivity index (χ4v) is 4.17. The molecule has 0 aliphatic rings. The largest absolute Gasteiger partial charge is 0.482 e. The van der Waals surface area contributed by atoms with Crippen molar-refractivity contribution >= 4 is 27.5 Å². The van der Waals surface area contributed by atoms with Gasteiger partial charge in [0, 0.05) is 25.8 Å². The lowest BCUT2D eigenvalue weighted by molar-refractivity contribution is -0.123. The van der Waals surface area contributed by atoms with Gasteiger partial charge in [0.2, 0.25) is 10.0 Å². The van der Waals surface area contributed by atoms with Crippen LogP contribution in [0.25, 0.3) is 0 Å². The Morgan fingerprint density at radius 3 is 2.57 bits per heavy atom. The molecule has 164 valence electrons. The van der Waals surface area contributed by atoms with Gasteiger partial charge in [-0.25, -0.2) is 13.1 Å². The quantitative estimate of drug-likeness (QED) is 0.480. The van der Waals surface area contributed by atoms with Crippen LogP contribution in [-0.4, -0.2) is 40.7 Å². The number of benzene rings is 2. The highest BCUT2D eigenvalue weighted by Gasteiger charge is 2.20. The van der Waals surface area contributed by atoms with Crippen molar-refractivity contribution in [2.75, 3.05) is 26.4 Å². The van der Waals surface area contributed by atoms with Crippen molar-refractivity contribution < 1.29 is 22.7 Å². The van der Waals surface area contributed by atoms with Crippen LogP contribution in [0.5, 0.6) is 5.75 Å². The van der Waals surface area contributed by atoms with Crippen LogP contribution in [0.2, 0.25) is 5.02 Å². The van der Waals surface area contributed by atoms with Crippen LogP contribution in [0.15, 0.2) is 53.4 Å². The normalized spacial score (nSPS) is 12.4. The molecular weight excluding hydrogens is 428 g/mol. The molecule has 0 heterocycles. The lowest BCUT2D eigenvalue weighted by Crippen LogP contribution is -2.30. The summed E-state index contributed by atoms with van der Waals surface area (Å²) in [7, 11) is -3.78. The van der Waals surface area contributed by atoms with Crippen molar-refractivity contribution in [1.29, 1.82) is 0 Å². The lowest BCUT2D eigenvalue weighted by Gasteiger charge is -2.15. The average Bonchev–Trinajstić information content (AvgIpc) is 2.73. The summed E-state index contributed by atoms with van der Waals surface area (Å²) in [5.41, 5.74) is 0.847. The van der Waals surface area contributed by atoms with Crippen molar-refractivity contribution in [2.45, 2.75) is 31.2 Å². The van der Waals surface area contributed by atoms with Gasteiger partial charge in [0.25, 0.3) is 5.91 Å². The average molecular weight is 455 g/mol. The van der Waals surface area contributed by atoms with Crippen LogP contribution in [0.3, 0.4) is 0 Å². The first kappa shape index (κ1) is 24.1. The number of halogens is 1. The van der Waals surface area contributed by atoms with Gasteiger partial charge in [-0.1, -0.05) is 41.9 Å². The van der Waals surface area contributed by atoms with Gasteiger partial charge in [-0.15, -0.1) is 0 Å². The van der Waals surface area contributed by atoms with E-state index in [-0.39, 0.29) is 28.2 Å². The summed E-state index contributed by atoms with van der Waals surface area (Å²) in [5, 5.41) is 2.82. The molecule has 0 aromatic heterocycles. The number of sulfonamides is 1. The smallest absolute Gasteiger partial charge is 0.257 e. The minimum absolute atomic E-state index is 0.0167. The lowest BCUT2D eigenvalue weighted by atomic mass is 10.1. The number of hydrogen-bond donors (Lipinski definition) is 2. The van der Waals surface area contributed by atoms with Gasteiger partial charge >= 0.3 is 0 Å². The maximum atomic E-state index is 12.7. The van der Waals surface area contributed by atoms with Crippen LogP contribution in [0, 0.1) is 0 Å². The van der Waals surface area contributed by atoms with E-state index in [4.69, 9.17) is 21.1 Å². The number of carbonyl (C=O) groups is 1. The zero-order valence-electron chi connectivity index (χ0n) is 17.1. The highest BCUT2D eigenvalue weighted by molar-refractivity contribution is 7.89. The van der Waals surface area contributed by atoms with Crippen molar-refractivity contribution in [2.24, 2.45) is 0 Å². The minimum atomic E-state index is -3.78. The fourth-order valence-electron chi connectivity index (χ4n) is 2.62. The first-order chi connectivity index (χ1) is 14.3. The summed E-state index contributed by atoms with van der Waals surface area (Å²) in [6.45, 7) is 5.16. The van der Waals surface area contributed by atoms with E-state index in [9.17, 15) is 13.2 Å². The molecule has 1 atom stereocenters. The molecule has 0 spiro atoms. The Kier molecular flexibility index (Phi) is 9.58. The predicted octanol–water partition coefficient (Wildman–Crippen LogP) is 3.30. The van der Waals surface area contributed by atoms with E-state index in [1.54, 1.807) is 6.92 Å². The molecule has 2 rings (SSSR count). The van der Waals surface area contributed by atoms with E-state index in [1.165, 1.54) is 18.2 Å². The molecule has 0 saturated carbocycles. The van der Waals surface area contributed by atoms with Gasteiger partial charge in [-0.05, 0) is 44.0 Å². The summed E-state index contributed by atoms with van der Waals surface area (Å²) < 4.78 is 38.5. The molecular formula is C21H27ClN2O5S. The number of carbonyl (C=O) groups excluding carboxylic acids is 1. The van der Waals surface area contributed by atoms with E-state index in [0.29, 0.717) is 26.2 Å². The number of rotatable bonds is 12. The molecule has 0 aliphatic heterocycles. The monoisotopic (exact) mass is 454 g/mol. The van der Waals surface area contributed by atoms with E-state index in [2.05, 4.69) is 10.0 Å². The molecule has 2 aromatic carbocycles. The van der Waals surface area contributed by atoms with Crippen LogP contribution >= 0.6 is 11.6 Å². The first-order valence-electron chi connectivity index (χ1n) is 9.67. The van der Waals surface area contributed by atoms with E-state index < -0.39 is 16.1 Å². The molecule has 0 bridgehead atoms. The Bertz CT molecular complexity index is 922. The third kappa shape index (κ3) is 7.60. The third-order valence-corrected chi connectivity index (χ3v) is 6.03. The summed E-state index contributed by atoms with van der Waals surface area (Å²) in [5.74, 6) is -0.0613. The number of nitrogens with one attached hydrogen (secondary N) is 2. The Labute approximate surface area is 182 Å². The highest BCUT2D eigenvalue weighted by atomic mass is 35.5. The summed E-state index contributed by atoms with van der Waals surface area (Å²) in [6.07, 6.45) is 0.710. The Balaban J connectivity index is 1.91. The molecule has 7 nitrogen and oxygen atoms in total. The molecule has 2 aromatic rings. The van der Waals surface area contributed by atoms with Gasteiger partial charge in [-0.3, -0.25) is 4.79 Å². The maximum absolute atomic E-state index is 12.7. The molecule has 0 saturated heterocycles. The molecule has 1 amide bonds. The second kappa shape index (κ2) is 11.9. The molecule has 0 aliphatic carbocycles. The highest BCUT2D eigenvalue weighted by Crippen LogP contribution is 2.28. The third-order valence-electron chi connectivity index (χ3n) is 4.20. The van der Waals surface area contributed by atoms with Crippen molar-refractivity contribution in [1.82, 2.24) is 10.0 Å². The van der Waals surface area contributed by atoms with E-state index >= 15 is 0 Å². The molecule has 2 N–H and O–H groups in total. The molecule has 30 heavy (non-hydrogen) atoms. The topological polar surface area (TPSA) is 93.7 Å². The van der Waals surface area contributed by atoms with Gasteiger partial charge < -0.3 is 14.8 Å². The summed E-state index contributed by atoms with van der Waals surface area (Å²) >= 11 is 6.17. The van der Waals surface area contributed by atoms with Gasteiger partial charge in [0.1, 0.15) is 5.75 Å². The van der Waals surface area contributed by atoms with Gasteiger partial charge in [0.15, 0.2) is 6.61 Å². The van der Waals surface area contributed by atoms with Crippen molar-refractivity contribution in [3.05, 3.63) is 59.1 Å². The summed E-state index contributed by atoms with van der Waals surface area (Å²) in [4.78, 5) is 11.8. The fraction of sp³-hybridized carbons (Fsp3) is 0.381. The molecule has 0 unspecified atom stereocenters. The summed E-state index contributed by atoms with van der Waals surface area (Å²) in [6, 6.07) is 13.0. The minimum Gasteiger partial charge on any atom is -0.482 e. The zero-order chi connectivity index (χ0) is 22.0. The Morgan fingerprint density at radius 1 is 1.17 bits per heavy atom. The maximum Gasteiger partial charge on any atom is 0.257 e. The van der Waals surface area contributed by atoms with Crippen molar-refractivity contribution in [3.63, 3.8) is 0 Å². The van der Waals surface area contributed by atoms with Crippen LogP contribution in [0.1, 0.15) is 31.9 Å². The number of amides is 1. The molecule has 9 heteroatoms. The molecule has 0 radical (unpaired) electrons. The Hall–Kier alpha value is -2.13. The second-order valence-corrected chi connectivity index (χ2v) is 8.66. The van der Waals surface area contributed by atoms with Gasteiger partial charge in [-0.2, -0.15) is 0 Å². The zero-order valence-corrected chi connectivity index (χ0v) is 18.6.